The normalized spacial score (nSPS) is 15.3. The van der Waals surface area contributed by atoms with Crippen LogP contribution in [-0.2, 0) is 9.59 Å². The first-order valence-corrected chi connectivity index (χ1v) is 9.09. The molecule has 8 nitrogen and oxygen atoms in total. The molecule has 8 heteroatoms. The maximum Gasteiger partial charge on any atom is 0.306 e. The van der Waals surface area contributed by atoms with E-state index >= 15 is 0 Å². The Labute approximate surface area is 153 Å². The molecule has 1 N–H and O–H groups in total. The minimum absolute atomic E-state index is 0.0718. The average molecular weight is 365 g/mol. The molecule has 0 aliphatic carbocycles. The van der Waals surface area contributed by atoms with Crippen molar-refractivity contribution in [1.29, 1.82) is 0 Å². The highest BCUT2D eigenvalue weighted by Crippen LogP contribution is 2.23. The second kappa shape index (κ2) is 8.82. The van der Waals surface area contributed by atoms with Gasteiger partial charge in [-0.1, -0.05) is 19.0 Å². The molecule has 1 aliphatic heterocycles. The lowest BCUT2D eigenvalue weighted by atomic mass is 9.97. The van der Waals surface area contributed by atoms with Gasteiger partial charge in [0.15, 0.2) is 0 Å². The van der Waals surface area contributed by atoms with Crippen LogP contribution in [0.2, 0.25) is 0 Å². The smallest absolute Gasteiger partial charge is 0.306 e. The van der Waals surface area contributed by atoms with Crippen LogP contribution < -0.4 is 0 Å². The van der Waals surface area contributed by atoms with Gasteiger partial charge in [-0.25, -0.2) is 0 Å². The van der Waals surface area contributed by atoms with Crippen LogP contribution in [0.4, 0.5) is 0 Å². The maximum absolute atomic E-state index is 12.5. The number of carboxylic acids is 1. The van der Waals surface area contributed by atoms with E-state index in [9.17, 15) is 14.4 Å². The minimum Gasteiger partial charge on any atom is -0.481 e. The Kier molecular flexibility index (Phi) is 6.76. The van der Waals surface area contributed by atoms with Crippen LogP contribution in [0.1, 0.15) is 61.7 Å². The fourth-order valence-electron chi connectivity index (χ4n) is 3.23. The largest absolute Gasteiger partial charge is 0.481 e. The van der Waals surface area contributed by atoms with Crippen molar-refractivity contribution in [3.8, 4) is 0 Å². The minimum atomic E-state index is -0.817. The van der Waals surface area contributed by atoms with Crippen LogP contribution in [0.15, 0.2) is 10.6 Å². The average Bonchev–Trinajstić information content (AvgIpc) is 3.11. The maximum atomic E-state index is 12.5. The van der Waals surface area contributed by atoms with Gasteiger partial charge in [0.25, 0.3) is 5.91 Å². The quantitative estimate of drug-likeness (QED) is 0.792. The number of likely N-dealkylation sites (tertiary alicyclic amines) is 1. The Morgan fingerprint density at radius 3 is 2.46 bits per heavy atom. The van der Waals surface area contributed by atoms with Gasteiger partial charge >= 0.3 is 5.97 Å². The number of amides is 2. The summed E-state index contributed by atoms with van der Waals surface area (Å²) in [6.45, 7) is 4.85. The van der Waals surface area contributed by atoms with E-state index in [0.717, 1.165) is 18.5 Å². The van der Waals surface area contributed by atoms with E-state index in [-0.39, 0.29) is 30.0 Å². The Morgan fingerprint density at radius 2 is 1.92 bits per heavy atom. The fourth-order valence-corrected chi connectivity index (χ4v) is 3.23. The van der Waals surface area contributed by atoms with Gasteiger partial charge in [0.2, 0.25) is 11.7 Å². The summed E-state index contributed by atoms with van der Waals surface area (Å²) >= 11 is 0. The second-order valence-electron chi connectivity index (χ2n) is 6.78. The van der Waals surface area contributed by atoms with Gasteiger partial charge in [-0.3, -0.25) is 14.4 Å². The molecule has 0 unspecified atom stereocenters. The Bertz CT molecular complexity index is 645. The summed E-state index contributed by atoms with van der Waals surface area (Å²) in [6, 6.07) is 1.65. The molecule has 0 radical (unpaired) electrons. The third-order valence-electron chi connectivity index (χ3n) is 5.06. The summed E-state index contributed by atoms with van der Waals surface area (Å²) in [6.07, 6.45) is 2.72. The topological polar surface area (TPSA) is 104 Å². The lowest BCUT2D eigenvalue weighted by Crippen LogP contribution is -2.45. The van der Waals surface area contributed by atoms with Crippen molar-refractivity contribution in [3.63, 3.8) is 0 Å². The molecule has 1 aliphatic rings. The lowest BCUT2D eigenvalue weighted by Gasteiger charge is -2.31. The third kappa shape index (κ3) is 4.62. The summed E-state index contributed by atoms with van der Waals surface area (Å²) in [5, 5.41) is 13.0. The van der Waals surface area contributed by atoms with Crippen LogP contribution in [0, 0.1) is 5.92 Å². The molecular formula is C18H27N3O5. The molecule has 0 aromatic carbocycles. The fraction of sp³-hybridized carbons (Fsp3) is 0.667. The van der Waals surface area contributed by atoms with E-state index in [4.69, 9.17) is 9.63 Å². The van der Waals surface area contributed by atoms with Gasteiger partial charge in [0, 0.05) is 32.1 Å². The molecule has 1 aromatic heterocycles. The zero-order valence-corrected chi connectivity index (χ0v) is 15.6. The predicted octanol–water partition coefficient (Wildman–Crippen LogP) is 1.97. The van der Waals surface area contributed by atoms with E-state index in [2.05, 4.69) is 19.0 Å². The molecular weight excluding hydrogens is 338 g/mol. The highest BCUT2D eigenvalue weighted by atomic mass is 16.5. The van der Waals surface area contributed by atoms with Crippen molar-refractivity contribution in [2.45, 2.75) is 45.4 Å². The zero-order chi connectivity index (χ0) is 19.3. The Hall–Kier alpha value is -2.38. The lowest BCUT2D eigenvalue weighted by molar-refractivity contribution is -0.145. The standard InChI is InChI=1S/C18H27N3O5/c1-4-12(5-2)14-10-15(26-19-14)17(23)20(3)11-16(22)21-8-6-13(7-9-21)18(24)25/h10,12-13H,4-9,11H2,1-3H3,(H,24,25). The summed E-state index contributed by atoms with van der Waals surface area (Å²) < 4.78 is 5.17. The molecule has 1 saturated heterocycles. The Morgan fingerprint density at radius 1 is 1.31 bits per heavy atom. The summed E-state index contributed by atoms with van der Waals surface area (Å²) in [4.78, 5) is 38.7. The number of hydrogen-bond donors (Lipinski definition) is 1. The van der Waals surface area contributed by atoms with Gasteiger partial charge in [0.1, 0.15) is 0 Å². The van der Waals surface area contributed by atoms with E-state index in [0.29, 0.717) is 25.9 Å². The molecule has 0 saturated carbocycles. The number of hydrogen-bond acceptors (Lipinski definition) is 5. The van der Waals surface area contributed by atoms with Gasteiger partial charge in [-0.15, -0.1) is 0 Å². The summed E-state index contributed by atoms with van der Waals surface area (Å²) in [5.41, 5.74) is 0.758. The first-order valence-electron chi connectivity index (χ1n) is 9.09. The number of carbonyl (C=O) groups is 3. The predicted molar refractivity (Wildman–Crippen MR) is 93.7 cm³/mol. The van der Waals surface area contributed by atoms with Crippen LogP contribution in [0.5, 0.6) is 0 Å². The first kappa shape index (κ1) is 19.9. The van der Waals surface area contributed by atoms with E-state index in [1.807, 2.05) is 0 Å². The molecule has 0 atom stereocenters. The SMILES string of the molecule is CCC(CC)c1cc(C(=O)N(C)CC(=O)N2CCC(C(=O)O)CC2)on1. The summed E-state index contributed by atoms with van der Waals surface area (Å²) in [7, 11) is 1.55. The molecule has 0 bridgehead atoms. The first-order chi connectivity index (χ1) is 12.4. The number of carboxylic acid groups (broad SMARTS) is 1. The highest BCUT2D eigenvalue weighted by molar-refractivity contribution is 5.94. The molecule has 2 heterocycles. The van der Waals surface area contributed by atoms with Gasteiger partial charge in [0.05, 0.1) is 18.2 Å². The number of likely N-dealkylation sites (N-methyl/N-ethyl adjacent to an activating group) is 1. The molecule has 1 aromatic rings. The number of piperidine rings is 1. The highest BCUT2D eigenvalue weighted by Gasteiger charge is 2.28. The number of aliphatic carboxylic acids is 1. The van der Waals surface area contributed by atoms with Crippen molar-refractivity contribution in [1.82, 2.24) is 15.0 Å². The molecule has 144 valence electrons. The van der Waals surface area contributed by atoms with Crippen molar-refractivity contribution in [3.05, 3.63) is 17.5 Å². The van der Waals surface area contributed by atoms with E-state index in [1.165, 1.54) is 4.90 Å². The number of rotatable bonds is 7. The Balaban J connectivity index is 1.91. The monoisotopic (exact) mass is 365 g/mol. The van der Waals surface area contributed by atoms with Crippen LogP contribution in [0.3, 0.4) is 0 Å². The van der Waals surface area contributed by atoms with Crippen molar-refractivity contribution >= 4 is 17.8 Å². The van der Waals surface area contributed by atoms with Crippen LogP contribution in [-0.4, -0.2) is 64.5 Å². The number of nitrogens with zero attached hydrogens (tertiary/aromatic N) is 3. The van der Waals surface area contributed by atoms with Crippen molar-refractivity contribution in [2.75, 3.05) is 26.7 Å². The molecule has 0 spiro atoms. The van der Waals surface area contributed by atoms with Crippen LogP contribution >= 0.6 is 0 Å². The molecule has 1 fully saturated rings. The van der Waals surface area contributed by atoms with Crippen molar-refractivity contribution in [2.24, 2.45) is 5.92 Å². The van der Waals surface area contributed by atoms with E-state index < -0.39 is 11.9 Å². The summed E-state index contributed by atoms with van der Waals surface area (Å²) in [5.74, 6) is -1.40. The molecule has 26 heavy (non-hydrogen) atoms. The third-order valence-corrected chi connectivity index (χ3v) is 5.06. The number of carbonyl (C=O) groups excluding carboxylic acids is 2. The van der Waals surface area contributed by atoms with Crippen molar-refractivity contribution < 1.29 is 24.0 Å². The van der Waals surface area contributed by atoms with Gasteiger partial charge in [-0.05, 0) is 25.7 Å². The van der Waals surface area contributed by atoms with Gasteiger partial charge in [-0.2, -0.15) is 0 Å². The second-order valence-corrected chi connectivity index (χ2v) is 6.78. The van der Waals surface area contributed by atoms with Gasteiger partial charge < -0.3 is 19.4 Å². The van der Waals surface area contributed by atoms with E-state index in [1.54, 1.807) is 18.0 Å². The zero-order valence-electron chi connectivity index (χ0n) is 15.6. The molecule has 2 rings (SSSR count). The van der Waals surface area contributed by atoms with Crippen LogP contribution in [0.25, 0.3) is 0 Å². The molecule has 2 amide bonds. The number of aromatic nitrogens is 1.